The van der Waals surface area contributed by atoms with Crippen molar-refractivity contribution in [1.82, 2.24) is 20.9 Å². The van der Waals surface area contributed by atoms with E-state index in [1.807, 2.05) is 42.5 Å². The van der Waals surface area contributed by atoms with Gasteiger partial charge in [0.05, 0.1) is 6.04 Å². The first-order valence-electron chi connectivity index (χ1n) is 14.5. The van der Waals surface area contributed by atoms with Crippen LogP contribution in [0.1, 0.15) is 74.4 Å². The zero-order chi connectivity index (χ0) is 29.5. The quantitative estimate of drug-likeness (QED) is 0.365. The van der Waals surface area contributed by atoms with Crippen molar-refractivity contribution in [3.05, 3.63) is 71.3 Å². The number of hydrogen-bond acceptors (Lipinski definition) is 5. The highest BCUT2D eigenvalue weighted by atomic mass is 16.2. The van der Waals surface area contributed by atoms with Crippen LogP contribution in [0.4, 0.5) is 0 Å². The molecule has 218 valence electrons. The molecule has 0 bridgehead atoms. The van der Waals surface area contributed by atoms with Gasteiger partial charge in [-0.05, 0) is 42.9 Å². The first-order chi connectivity index (χ1) is 19.7. The number of fused-ring (bicyclic) bond motifs is 1. The number of rotatable bonds is 11. The Balaban J connectivity index is 1.43. The summed E-state index contributed by atoms with van der Waals surface area (Å²) < 4.78 is 0. The van der Waals surface area contributed by atoms with Gasteiger partial charge in [-0.1, -0.05) is 81.6 Å². The van der Waals surface area contributed by atoms with Gasteiger partial charge in [-0.15, -0.1) is 0 Å². The van der Waals surface area contributed by atoms with E-state index in [1.54, 1.807) is 26.0 Å². The monoisotopic (exact) mass is 560 g/mol. The van der Waals surface area contributed by atoms with Crippen LogP contribution in [0.3, 0.4) is 0 Å². The maximum absolute atomic E-state index is 13.6. The minimum Gasteiger partial charge on any atom is -0.347 e. The molecule has 3 N–H and O–H groups in total. The lowest BCUT2D eigenvalue weighted by Gasteiger charge is -2.29. The standard InChI is InChI=1S/C32H40N4O5/c1-20(2)27(28(37)31(40)34-24-15-8-5-9-16-24)35-29(38)21(3)33-30(39)26(18-22-12-6-4-7-13-22)36-19-23-14-10-11-17-25(23)32(36)41/h4,6-7,10-14,17,20-21,24,26-27H,5,8-9,15-16,18-19H2,1-3H3,(H,33,39)(H,34,40)(H,35,38)/t21-,26-,27-/m0/s1. The molecule has 1 saturated carbocycles. The van der Waals surface area contributed by atoms with Crippen LogP contribution >= 0.6 is 0 Å². The van der Waals surface area contributed by atoms with Gasteiger partial charge < -0.3 is 20.9 Å². The summed E-state index contributed by atoms with van der Waals surface area (Å²) in [6, 6.07) is 13.8. The van der Waals surface area contributed by atoms with E-state index in [4.69, 9.17) is 0 Å². The van der Waals surface area contributed by atoms with Crippen LogP contribution < -0.4 is 16.0 Å². The van der Waals surface area contributed by atoms with Crippen LogP contribution in [0.5, 0.6) is 0 Å². The molecule has 0 spiro atoms. The van der Waals surface area contributed by atoms with Crippen molar-refractivity contribution in [3.63, 3.8) is 0 Å². The molecule has 0 unspecified atom stereocenters. The zero-order valence-electron chi connectivity index (χ0n) is 24.0. The lowest BCUT2D eigenvalue weighted by Crippen LogP contribution is -2.57. The molecule has 41 heavy (non-hydrogen) atoms. The van der Waals surface area contributed by atoms with Crippen LogP contribution in [0.15, 0.2) is 54.6 Å². The van der Waals surface area contributed by atoms with Crippen LogP contribution in [0.25, 0.3) is 0 Å². The molecule has 1 heterocycles. The summed E-state index contributed by atoms with van der Waals surface area (Å²) in [5, 5.41) is 8.24. The Morgan fingerprint density at radius 3 is 2.17 bits per heavy atom. The second kappa shape index (κ2) is 13.6. The number of hydrogen-bond donors (Lipinski definition) is 3. The van der Waals surface area contributed by atoms with Crippen molar-refractivity contribution < 1.29 is 24.0 Å². The highest BCUT2D eigenvalue weighted by Crippen LogP contribution is 2.26. The van der Waals surface area contributed by atoms with E-state index in [0.29, 0.717) is 12.1 Å². The Morgan fingerprint density at radius 2 is 1.51 bits per heavy atom. The van der Waals surface area contributed by atoms with Gasteiger partial charge in [0.15, 0.2) is 0 Å². The van der Waals surface area contributed by atoms with Crippen molar-refractivity contribution in [2.45, 2.75) is 90.0 Å². The third kappa shape index (κ3) is 7.39. The van der Waals surface area contributed by atoms with Crippen molar-refractivity contribution in [2.75, 3.05) is 0 Å². The van der Waals surface area contributed by atoms with E-state index < -0.39 is 41.6 Å². The van der Waals surface area contributed by atoms with Gasteiger partial charge in [0, 0.05) is 24.6 Å². The fourth-order valence-corrected chi connectivity index (χ4v) is 5.54. The van der Waals surface area contributed by atoms with E-state index in [0.717, 1.165) is 43.2 Å². The number of ketones is 1. The Kier molecular flexibility index (Phi) is 9.91. The molecule has 0 saturated heterocycles. The average Bonchev–Trinajstić information content (AvgIpc) is 3.30. The Hall–Kier alpha value is -4.01. The van der Waals surface area contributed by atoms with Crippen molar-refractivity contribution in [1.29, 1.82) is 0 Å². The molecule has 2 aromatic carbocycles. The second-order valence-electron chi connectivity index (χ2n) is 11.4. The van der Waals surface area contributed by atoms with Crippen LogP contribution in [0, 0.1) is 5.92 Å². The minimum atomic E-state index is -1.03. The van der Waals surface area contributed by atoms with Gasteiger partial charge in [-0.25, -0.2) is 0 Å². The zero-order valence-corrected chi connectivity index (χ0v) is 24.0. The predicted molar refractivity (Wildman–Crippen MR) is 155 cm³/mol. The Labute approximate surface area is 241 Å². The largest absolute Gasteiger partial charge is 0.347 e. The van der Waals surface area contributed by atoms with Gasteiger partial charge in [-0.3, -0.25) is 24.0 Å². The molecule has 9 heteroatoms. The molecular weight excluding hydrogens is 520 g/mol. The van der Waals surface area contributed by atoms with E-state index in [9.17, 15) is 24.0 Å². The first-order valence-corrected chi connectivity index (χ1v) is 14.5. The summed E-state index contributed by atoms with van der Waals surface area (Å²) in [5.74, 6) is -3.01. The SMILES string of the molecule is CC(C)[C@H](NC(=O)[C@H](C)NC(=O)[C@H](Cc1ccccc1)N1Cc2ccccc2C1=O)C(=O)C(=O)NC1CCCCC1. The molecule has 9 nitrogen and oxygen atoms in total. The maximum atomic E-state index is 13.6. The summed E-state index contributed by atoms with van der Waals surface area (Å²) in [4.78, 5) is 67.3. The molecule has 2 aliphatic rings. The Morgan fingerprint density at radius 1 is 0.854 bits per heavy atom. The van der Waals surface area contributed by atoms with Crippen molar-refractivity contribution in [2.24, 2.45) is 5.92 Å². The number of amides is 4. The number of nitrogens with zero attached hydrogens (tertiary/aromatic N) is 1. The molecule has 2 aromatic rings. The molecular formula is C32H40N4O5. The normalized spacial score (nSPS) is 17.4. The molecule has 4 amide bonds. The number of carbonyl (C=O) groups is 5. The molecule has 0 radical (unpaired) electrons. The molecule has 0 aromatic heterocycles. The molecule has 1 fully saturated rings. The van der Waals surface area contributed by atoms with E-state index in [2.05, 4.69) is 16.0 Å². The number of carbonyl (C=O) groups excluding carboxylic acids is 5. The third-order valence-corrected chi connectivity index (χ3v) is 7.96. The highest BCUT2D eigenvalue weighted by molar-refractivity contribution is 6.38. The minimum absolute atomic E-state index is 0.0251. The van der Waals surface area contributed by atoms with E-state index in [1.165, 1.54) is 11.8 Å². The summed E-state index contributed by atoms with van der Waals surface area (Å²) in [6.45, 7) is 5.33. The third-order valence-electron chi connectivity index (χ3n) is 7.96. The highest BCUT2D eigenvalue weighted by Gasteiger charge is 2.38. The van der Waals surface area contributed by atoms with E-state index >= 15 is 0 Å². The van der Waals surface area contributed by atoms with Gasteiger partial charge in [0.1, 0.15) is 12.1 Å². The van der Waals surface area contributed by atoms with Gasteiger partial charge in [-0.2, -0.15) is 0 Å². The van der Waals surface area contributed by atoms with Gasteiger partial charge in [0.2, 0.25) is 17.6 Å². The fourth-order valence-electron chi connectivity index (χ4n) is 5.54. The average molecular weight is 561 g/mol. The van der Waals surface area contributed by atoms with E-state index in [-0.39, 0.29) is 24.3 Å². The summed E-state index contributed by atoms with van der Waals surface area (Å²) >= 11 is 0. The van der Waals surface area contributed by atoms with Gasteiger partial charge >= 0.3 is 0 Å². The van der Waals surface area contributed by atoms with Gasteiger partial charge in [0.25, 0.3) is 11.8 Å². The summed E-state index contributed by atoms with van der Waals surface area (Å²) in [5.41, 5.74) is 2.29. The van der Waals surface area contributed by atoms with Crippen LogP contribution in [-0.2, 0) is 32.1 Å². The molecule has 1 aliphatic heterocycles. The predicted octanol–water partition coefficient (Wildman–Crippen LogP) is 2.92. The number of Topliss-reactive ketones (excluding diaryl/α,β-unsaturated/α-hetero) is 1. The maximum Gasteiger partial charge on any atom is 0.289 e. The first kappa shape index (κ1) is 30.0. The van der Waals surface area contributed by atoms with Crippen molar-refractivity contribution in [3.8, 4) is 0 Å². The summed E-state index contributed by atoms with van der Waals surface area (Å²) in [7, 11) is 0. The smallest absolute Gasteiger partial charge is 0.289 e. The lowest BCUT2D eigenvalue weighted by atomic mass is 9.94. The van der Waals surface area contributed by atoms with Crippen LogP contribution in [-0.4, -0.2) is 58.5 Å². The summed E-state index contributed by atoms with van der Waals surface area (Å²) in [6.07, 6.45) is 5.11. The molecule has 3 atom stereocenters. The molecule has 1 aliphatic carbocycles. The lowest BCUT2D eigenvalue weighted by molar-refractivity contribution is -0.141. The topological polar surface area (TPSA) is 125 Å². The van der Waals surface area contributed by atoms with Crippen LogP contribution in [0.2, 0.25) is 0 Å². The Bertz CT molecular complexity index is 1270. The molecule has 4 rings (SSSR count). The fraction of sp³-hybridized carbons (Fsp3) is 0.469. The number of nitrogens with one attached hydrogen (secondary N) is 3. The second-order valence-corrected chi connectivity index (χ2v) is 11.4. The number of benzene rings is 2. The van der Waals surface area contributed by atoms with Crippen molar-refractivity contribution >= 4 is 29.4 Å².